The largest absolute Gasteiger partial charge is 0.379 e. The Bertz CT molecular complexity index is 36.4. The van der Waals surface area contributed by atoms with Crippen molar-refractivity contribution in [1.29, 1.82) is 0 Å². The molecule has 0 radical (unpaired) electrons. The van der Waals surface area contributed by atoms with Crippen LogP contribution in [-0.2, 0) is 0 Å². The van der Waals surface area contributed by atoms with E-state index in [0.29, 0.717) is 0 Å². The molecular formula is C5H12F3N. The van der Waals surface area contributed by atoms with Gasteiger partial charge < -0.3 is 5.73 Å². The van der Waals surface area contributed by atoms with E-state index in [1.165, 1.54) is 12.8 Å². The van der Waals surface area contributed by atoms with Crippen LogP contribution in [0.5, 0.6) is 0 Å². The Kier molecular flexibility index (Phi) is 13.7. The first-order chi connectivity index (χ1) is 4.15. The van der Waals surface area contributed by atoms with Crippen LogP contribution in [0.3, 0.4) is 0 Å². The predicted octanol–water partition coefficient (Wildman–Crippen LogP) is 1.92. The number of nitrogens with two attached hydrogens (primary N) is 1. The summed E-state index contributed by atoms with van der Waals surface area (Å²) in [5, 5.41) is 0. The fourth-order valence-electron chi connectivity index (χ4n) is 0.204. The van der Waals surface area contributed by atoms with Crippen molar-refractivity contribution in [3.05, 3.63) is 0 Å². The number of halogens is 3. The van der Waals surface area contributed by atoms with Gasteiger partial charge in [-0.1, -0.05) is 13.3 Å². The molecule has 0 bridgehead atoms. The van der Waals surface area contributed by atoms with Crippen molar-refractivity contribution in [2.24, 2.45) is 5.73 Å². The smallest absolute Gasteiger partial charge is 0.330 e. The van der Waals surface area contributed by atoms with Gasteiger partial charge in [-0.2, -0.15) is 13.2 Å². The van der Waals surface area contributed by atoms with Crippen LogP contribution in [0.25, 0.3) is 0 Å². The van der Waals surface area contributed by atoms with Crippen molar-refractivity contribution in [3.63, 3.8) is 0 Å². The van der Waals surface area contributed by atoms with Gasteiger partial charge >= 0.3 is 6.68 Å². The van der Waals surface area contributed by atoms with Gasteiger partial charge in [0.05, 0.1) is 0 Å². The second-order valence-corrected chi connectivity index (χ2v) is 1.39. The average molecular weight is 143 g/mol. The molecule has 0 aromatic carbocycles. The molecule has 0 amide bonds. The van der Waals surface area contributed by atoms with Crippen LogP contribution < -0.4 is 5.73 Å². The molecule has 9 heavy (non-hydrogen) atoms. The van der Waals surface area contributed by atoms with E-state index in [4.69, 9.17) is 5.73 Å². The zero-order chi connectivity index (χ0) is 7.70. The van der Waals surface area contributed by atoms with Crippen molar-refractivity contribution < 1.29 is 13.2 Å². The lowest BCUT2D eigenvalue weighted by molar-refractivity contribution is 0.00819. The van der Waals surface area contributed by atoms with Crippen LogP contribution >= 0.6 is 0 Å². The third-order valence-corrected chi connectivity index (χ3v) is 0.558. The molecular weight excluding hydrogens is 131 g/mol. The first kappa shape index (κ1) is 11.5. The molecule has 58 valence electrons. The Balaban J connectivity index is 0. The highest BCUT2D eigenvalue weighted by molar-refractivity contribution is 4.29. The number of unbranched alkanes of at least 4 members (excludes halogenated alkanes) is 1. The van der Waals surface area contributed by atoms with Gasteiger partial charge in [0.25, 0.3) is 0 Å². The molecule has 1 nitrogen and oxygen atoms in total. The molecule has 0 saturated carbocycles. The van der Waals surface area contributed by atoms with Gasteiger partial charge in [-0.25, -0.2) is 0 Å². The minimum atomic E-state index is -3.67. The molecule has 0 fully saturated rings. The predicted molar refractivity (Wildman–Crippen MR) is 31.1 cm³/mol. The minimum Gasteiger partial charge on any atom is -0.330 e. The van der Waals surface area contributed by atoms with Crippen molar-refractivity contribution in [2.45, 2.75) is 26.4 Å². The zero-order valence-electron chi connectivity index (χ0n) is 5.41. The van der Waals surface area contributed by atoms with Crippen LogP contribution in [0.2, 0.25) is 0 Å². The number of hydrogen-bond donors (Lipinski definition) is 1. The summed E-state index contributed by atoms with van der Waals surface area (Å²) in [6.45, 7) is -0.691. The Morgan fingerprint density at radius 2 is 1.67 bits per heavy atom. The quantitative estimate of drug-likeness (QED) is 0.627. The molecule has 0 heterocycles. The summed E-state index contributed by atoms with van der Waals surface area (Å²) in [6, 6.07) is 0. The minimum absolute atomic E-state index is 0.844. The third kappa shape index (κ3) is 83.7. The second-order valence-electron chi connectivity index (χ2n) is 1.39. The molecule has 4 heteroatoms. The summed E-state index contributed by atoms with van der Waals surface area (Å²) >= 11 is 0. The Morgan fingerprint density at radius 1 is 1.33 bits per heavy atom. The van der Waals surface area contributed by atoms with Crippen LogP contribution in [-0.4, -0.2) is 13.2 Å². The highest BCUT2D eigenvalue weighted by Crippen LogP contribution is 1.87. The molecule has 0 saturated heterocycles. The summed E-state index contributed by atoms with van der Waals surface area (Å²) < 4.78 is 29.0. The van der Waals surface area contributed by atoms with Crippen LogP contribution in [0.15, 0.2) is 0 Å². The number of hydrogen-bond acceptors (Lipinski definition) is 1. The van der Waals surface area contributed by atoms with Gasteiger partial charge in [0.2, 0.25) is 0 Å². The molecule has 0 unspecified atom stereocenters. The lowest BCUT2D eigenvalue weighted by atomic mass is 10.3. The maximum absolute atomic E-state index is 9.67. The molecule has 0 aromatic rings. The monoisotopic (exact) mass is 143 g/mol. The fraction of sp³-hybridized carbons (Fsp3) is 1.00. The lowest BCUT2D eigenvalue weighted by Crippen LogP contribution is -1.95. The van der Waals surface area contributed by atoms with Crippen molar-refractivity contribution in [1.82, 2.24) is 0 Å². The third-order valence-electron chi connectivity index (χ3n) is 0.558. The van der Waals surface area contributed by atoms with Crippen LogP contribution in [0, 0.1) is 0 Å². The lowest BCUT2D eigenvalue weighted by Gasteiger charge is -1.80. The van der Waals surface area contributed by atoms with E-state index < -0.39 is 6.68 Å². The standard InChI is InChI=1S/C4H11N.CHF3/c1-2-3-4-5;2-1(3)4/h2-5H2,1H3;1H. The van der Waals surface area contributed by atoms with Gasteiger partial charge in [0.1, 0.15) is 0 Å². The molecule has 0 atom stereocenters. The Labute approximate surface area is 53.0 Å². The van der Waals surface area contributed by atoms with E-state index in [1.807, 2.05) is 0 Å². The fourth-order valence-corrected chi connectivity index (χ4v) is 0.204. The molecule has 0 rings (SSSR count). The van der Waals surface area contributed by atoms with Crippen molar-refractivity contribution in [3.8, 4) is 0 Å². The number of rotatable bonds is 2. The van der Waals surface area contributed by atoms with E-state index in [-0.39, 0.29) is 0 Å². The van der Waals surface area contributed by atoms with Crippen LogP contribution in [0.4, 0.5) is 13.2 Å². The van der Waals surface area contributed by atoms with E-state index in [9.17, 15) is 13.2 Å². The summed E-state index contributed by atoms with van der Waals surface area (Å²) in [6.07, 6.45) is 2.39. The van der Waals surface area contributed by atoms with E-state index in [1.54, 1.807) is 0 Å². The molecule has 0 spiro atoms. The second kappa shape index (κ2) is 10.7. The maximum atomic E-state index is 9.67. The summed E-state index contributed by atoms with van der Waals surface area (Å²) in [5.41, 5.74) is 5.14. The molecule has 0 aliphatic carbocycles. The van der Waals surface area contributed by atoms with Gasteiger partial charge in [0, 0.05) is 0 Å². The van der Waals surface area contributed by atoms with Gasteiger partial charge in [-0.15, -0.1) is 0 Å². The SMILES string of the molecule is CCCCN.FC(F)F. The molecule has 2 N–H and O–H groups in total. The molecule has 0 aliphatic heterocycles. The topological polar surface area (TPSA) is 26.0 Å². The summed E-state index contributed by atoms with van der Waals surface area (Å²) in [4.78, 5) is 0. The van der Waals surface area contributed by atoms with E-state index in [0.717, 1.165) is 6.54 Å². The van der Waals surface area contributed by atoms with Crippen LogP contribution in [0.1, 0.15) is 19.8 Å². The highest BCUT2D eigenvalue weighted by atomic mass is 19.4. The van der Waals surface area contributed by atoms with Gasteiger partial charge in [-0.05, 0) is 13.0 Å². The molecule has 0 aromatic heterocycles. The van der Waals surface area contributed by atoms with E-state index in [2.05, 4.69) is 6.92 Å². The Hall–Kier alpha value is -0.250. The number of alkyl halides is 3. The average Bonchev–Trinajstić information content (AvgIpc) is 1.66. The maximum Gasteiger partial charge on any atom is 0.379 e. The zero-order valence-corrected chi connectivity index (χ0v) is 5.41. The van der Waals surface area contributed by atoms with Crippen molar-refractivity contribution >= 4 is 0 Å². The first-order valence-electron chi connectivity index (χ1n) is 2.77. The Morgan fingerprint density at radius 3 is 1.67 bits per heavy atom. The summed E-state index contributed by atoms with van der Waals surface area (Å²) in [7, 11) is 0. The van der Waals surface area contributed by atoms with Gasteiger partial charge in [-0.3, -0.25) is 0 Å². The summed E-state index contributed by atoms with van der Waals surface area (Å²) in [5.74, 6) is 0. The van der Waals surface area contributed by atoms with Gasteiger partial charge in [0.15, 0.2) is 0 Å². The first-order valence-corrected chi connectivity index (χ1v) is 2.77. The van der Waals surface area contributed by atoms with Crippen molar-refractivity contribution in [2.75, 3.05) is 6.54 Å². The highest BCUT2D eigenvalue weighted by Gasteiger charge is 1.86. The van der Waals surface area contributed by atoms with E-state index >= 15 is 0 Å². The molecule has 0 aliphatic rings. The normalized spacial score (nSPS) is 8.67.